The Bertz CT molecular complexity index is 2400. The van der Waals surface area contributed by atoms with E-state index in [2.05, 4.69) is 37.9 Å². The summed E-state index contributed by atoms with van der Waals surface area (Å²) in [6, 6.07) is 2.43. The molecule has 2 aromatic rings. The van der Waals surface area contributed by atoms with Crippen molar-refractivity contribution < 1.29 is 94.1 Å². The van der Waals surface area contributed by atoms with Crippen LogP contribution in [-0.2, 0) is 74.9 Å². The molecule has 6 atom stereocenters. The second-order valence-electron chi connectivity index (χ2n) is 17.4. The number of hydrogen-bond acceptors (Lipinski definition) is 21. The molecule has 70 heavy (non-hydrogen) atoms. The fourth-order valence-corrected chi connectivity index (χ4v) is 5.65. The van der Waals surface area contributed by atoms with Crippen LogP contribution in [0.2, 0.25) is 0 Å². The minimum Gasteiger partial charge on any atom is -0.460 e. The van der Waals surface area contributed by atoms with Crippen LogP contribution in [0.25, 0.3) is 0 Å². The van der Waals surface area contributed by atoms with E-state index < -0.39 is 147 Å². The lowest BCUT2D eigenvalue weighted by atomic mass is 10.1. The average molecular weight is 1010 g/mol. The zero-order valence-corrected chi connectivity index (χ0v) is 39.2. The number of alkyl halides is 4. The number of halogens is 4. The molecule has 4 N–H and O–H groups in total. The number of nitrogens with two attached hydrogens (primary N) is 1. The van der Waals surface area contributed by atoms with Crippen LogP contribution in [0.5, 0.6) is 0 Å². The van der Waals surface area contributed by atoms with Crippen LogP contribution in [0.3, 0.4) is 0 Å². The minimum atomic E-state index is -3.91. The molecule has 24 nitrogen and oxygen atoms in total. The first-order valence-corrected chi connectivity index (χ1v) is 20.7. The van der Waals surface area contributed by atoms with Gasteiger partial charge in [-0.1, -0.05) is 13.2 Å². The number of carbonyl (C=O) groups excluding carboxylic acids is 6. The van der Waals surface area contributed by atoms with Gasteiger partial charge in [-0.15, -0.1) is 0 Å². The van der Waals surface area contributed by atoms with Crippen LogP contribution in [0.4, 0.5) is 38.8 Å². The number of esters is 4. The highest BCUT2D eigenvalue weighted by Crippen LogP contribution is 2.40. The first kappa shape index (κ1) is 57.4. The van der Waals surface area contributed by atoms with Crippen LogP contribution < -0.4 is 22.4 Å². The average Bonchev–Trinajstić information content (AvgIpc) is 3.58. The van der Waals surface area contributed by atoms with Crippen LogP contribution in [-0.4, -0.2) is 146 Å². The Labute approximate surface area is 395 Å². The molecule has 28 heteroatoms. The van der Waals surface area contributed by atoms with Crippen LogP contribution in [0.1, 0.15) is 55.4 Å². The zero-order chi connectivity index (χ0) is 53.1. The summed E-state index contributed by atoms with van der Waals surface area (Å²) in [7, 11) is 0. The first-order valence-electron chi connectivity index (χ1n) is 20.7. The molecular formula is C42H54F4N6O18. The maximum absolute atomic E-state index is 15.5. The Morgan fingerprint density at radius 3 is 1.67 bits per heavy atom. The van der Waals surface area contributed by atoms with Crippen LogP contribution >= 0.6 is 0 Å². The third-order valence-electron chi connectivity index (χ3n) is 8.89. The van der Waals surface area contributed by atoms with Crippen molar-refractivity contribution in [3.05, 3.63) is 69.8 Å². The van der Waals surface area contributed by atoms with Gasteiger partial charge in [0.05, 0.1) is 13.1 Å². The molecule has 2 aliphatic heterocycles. The van der Waals surface area contributed by atoms with Gasteiger partial charge in [0.15, 0.2) is 13.2 Å². The highest BCUT2D eigenvalue weighted by molar-refractivity contribution is 5.89. The maximum atomic E-state index is 15.5. The number of hydrogen-bond donors (Lipinski definition) is 3. The largest absolute Gasteiger partial charge is 0.509 e. The molecule has 0 aliphatic carbocycles. The number of nitrogens with zero attached hydrogens (tertiary/aromatic N) is 4. The Balaban J connectivity index is 0.000000401. The number of aliphatic hydroxyl groups excluding tert-OH is 1. The summed E-state index contributed by atoms with van der Waals surface area (Å²) < 4.78 is 105. The SMILES string of the molecule is C=C(C)C(=O)OCC(=O)OC[C@H]1O[C@@H](Cn2ccc(N)nc2=O)C(F)(F)[C@@H]1O.C=C(C)C(=O)OCC(=O)OC[C@H]1O[C@@H](Cn2ccc(NC(=O)OC(C)(C)C)nc2=O)C(F)(F)[C@@H]1OC(=O)OC(C)(C)C. The van der Waals surface area contributed by atoms with E-state index >= 15 is 8.78 Å². The van der Waals surface area contributed by atoms with Gasteiger partial charge in [-0.2, -0.15) is 18.7 Å². The molecule has 4 rings (SSSR count). The lowest BCUT2D eigenvalue weighted by Crippen LogP contribution is -2.46. The summed E-state index contributed by atoms with van der Waals surface area (Å²) in [6.07, 6.45) is -11.8. The smallest absolute Gasteiger partial charge is 0.460 e. The van der Waals surface area contributed by atoms with Crippen molar-refractivity contribution in [3.63, 3.8) is 0 Å². The van der Waals surface area contributed by atoms with Crippen molar-refractivity contribution in [1.82, 2.24) is 19.1 Å². The number of nitrogen functional groups attached to an aromatic ring is 1. The summed E-state index contributed by atoms with van der Waals surface area (Å²) >= 11 is 0. The summed E-state index contributed by atoms with van der Waals surface area (Å²) in [5.41, 5.74) is 1.66. The number of amides is 1. The molecular weight excluding hydrogens is 952 g/mol. The quantitative estimate of drug-likeness (QED) is 0.0939. The molecule has 4 heterocycles. The minimum absolute atomic E-state index is 0.0219. The third-order valence-corrected chi connectivity index (χ3v) is 8.89. The normalized spacial score (nSPS) is 21.2. The van der Waals surface area contributed by atoms with E-state index in [1.807, 2.05) is 0 Å². The summed E-state index contributed by atoms with van der Waals surface area (Å²) in [5.74, 6) is -11.7. The van der Waals surface area contributed by atoms with E-state index in [0.29, 0.717) is 0 Å². The molecule has 0 spiro atoms. The monoisotopic (exact) mass is 1010 g/mol. The van der Waals surface area contributed by atoms with Gasteiger partial charge in [0.1, 0.15) is 66.6 Å². The number of ether oxygens (including phenoxy) is 9. The van der Waals surface area contributed by atoms with E-state index in [4.69, 9.17) is 38.9 Å². The molecule has 2 fully saturated rings. The summed E-state index contributed by atoms with van der Waals surface area (Å²) in [6.45, 7) is 14.3. The fourth-order valence-electron chi connectivity index (χ4n) is 5.65. The lowest BCUT2D eigenvalue weighted by molar-refractivity contribution is -0.161. The number of anilines is 2. The zero-order valence-electron chi connectivity index (χ0n) is 39.2. The lowest BCUT2D eigenvalue weighted by Gasteiger charge is -2.26. The van der Waals surface area contributed by atoms with E-state index in [9.17, 15) is 52.2 Å². The Morgan fingerprint density at radius 1 is 0.743 bits per heavy atom. The predicted molar refractivity (Wildman–Crippen MR) is 229 cm³/mol. The Morgan fingerprint density at radius 2 is 1.20 bits per heavy atom. The number of aromatic nitrogens is 4. The first-order chi connectivity index (χ1) is 32.2. The molecule has 2 aromatic heterocycles. The number of carbonyl (C=O) groups is 6. The maximum Gasteiger partial charge on any atom is 0.509 e. The van der Waals surface area contributed by atoms with Gasteiger partial charge in [-0.05, 0) is 67.5 Å². The van der Waals surface area contributed by atoms with Crippen LogP contribution in [0, 0.1) is 0 Å². The number of aliphatic hydroxyl groups is 1. The fraction of sp³-hybridized carbons (Fsp3) is 0.571. The van der Waals surface area contributed by atoms with E-state index in [1.54, 1.807) is 20.8 Å². The Kier molecular flexibility index (Phi) is 19.3. The molecule has 0 bridgehead atoms. The molecule has 0 radical (unpaired) electrons. The van der Waals surface area contributed by atoms with Crippen molar-refractivity contribution in [2.45, 2.75) is 128 Å². The van der Waals surface area contributed by atoms with Crippen LogP contribution in [0.15, 0.2) is 58.4 Å². The summed E-state index contributed by atoms with van der Waals surface area (Å²) in [5, 5.41) is 12.1. The van der Waals surface area contributed by atoms with Gasteiger partial charge in [-0.25, -0.2) is 47.1 Å². The highest BCUT2D eigenvalue weighted by atomic mass is 19.3. The number of rotatable bonds is 16. The van der Waals surface area contributed by atoms with Gasteiger partial charge in [0, 0.05) is 23.5 Å². The van der Waals surface area contributed by atoms with Crippen molar-refractivity contribution >= 4 is 47.8 Å². The second-order valence-corrected chi connectivity index (χ2v) is 17.4. The van der Waals surface area contributed by atoms with Crippen molar-refractivity contribution in [2.24, 2.45) is 0 Å². The van der Waals surface area contributed by atoms with Gasteiger partial charge in [0.25, 0.3) is 0 Å². The van der Waals surface area contributed by atoms with Gasteiger partial charge in [0.2, 0.25) is 6.10 Å². The second kappa shape index (κ2) is 23.6. The summed E-state index contributed by atoms with van der Waals surface area (Å²) in [4.78, 5) is 102. The van der Waals surface area contributed by atoms with E-state index in [-0.39, 0.29) is 22.8 Å². The van der Waals surface area contributed by atoms with Crippen molar-refractivity contribution in [1.29, 1.82) is 0 Å². The molecule has 2 aliphatic rings. The van der Waals surface area contributed by atoms with Gasteiger partial charge < -0.3 is 53.5 Å². The molecule has 1 amide bonds. The molecule has 0 unspecified atom stereocenters. The van der Waals surface area contributed by atoms with Crippen molar-refractivity contribution in [3.8, 4) is 0 Å². The van der Waals surface area contributed by atoms with E-state index in [1.165, 1.54) is 52.9 Å². The third kappa shape index (κ3) is 17.2. The molecule has 388 valence electrons. The molecule has 0 aromatic carbocycles. The highest BCUT2D eigenvalue weighted by Gasteiger charge is 2.62. The molecule has 0 saturated carbocycles. The predicted octanol–water partition coefficient (Wildman–Crippen LogP) is 2.23. The number of nitrogens with one attached hydrogen (secondary N) is 1. The van der Waals surface area contributed by atoms with E-state index in [0.717, 1.165) is 15.3 Å². The molecule has 2 saturated heterocycles. The van der Waals surface area contributed by atoms with Crippen molar-refractivity contribution in [2.75, 3.05) is 37.5 Å². The topological polar surface area (TPSA) is 314 Å². The Hall–Kier alpha value is -6.94. The van der Waals surface area contributed by atoms with Gasteiger partial charge >= 0.3 is 59.4 Å². The standard InChI is InChI=1S/C26H35F2N3O11.C16H19F2N3O7/c1-14(2)20(33)38-13-18(32)37-12-15-19(40-23(36)42-25(6,7)8)26(27,28)16(39-15)11-31-10-9-17(29-21(31)34)30-22(35)41-24(3,4)5;1-8(2)14(24)27-7-12(22)26-6-9-13(23)16(17,18)10(28-9)5-21-4-3-11(19)20-15(21)25/h9-10,15-16,19H,1,11-13H2,2-8H3,(H,29,30,34,35);3-4,9-10,13,23H,1,5-7H2,2H3,(H2,19,20,25)/t15-,16+,19-;9-,10+,13-/m11/s1. The van der Waals surface area contributed by atoms with Gasteiger partial charge in [-0.3, -0.25) is 14.5 Å².